The lowest BCUT2D eigenvalue weighted by Gasteiger charge is -2.24. The largest absolute Gasteiger partial charge is 0.480 e. The van der Waals surface area contributed by atoms with E-state index in [1.54, 1.807) is 6.92 Å². The van der Waals surface area contributed by atoms with Gasteiger partial charge in [0.25, 0.3) is 0 Å². The summed E-state index contributed by atoms with van der Waals surface area (Å²) in [5, 5.41) is 14.3. The molecule has 1 fully saturated rings. The first-order valence-corrected chi connectivity index (χ1v) is 6.84. The van der Waals surface area contributed by atoms with Gasteiger partial charge in [0.15, 0.2) is 0 Å². The molecular formula is C13H24N2O3. The van der Waals surface area contributed by atoms with Crippen molar-refractivity contribution in [1.82, 2.24) is 10.6 Å². The number of carboxylic acids is 1. The van der Waals surface area contributed by atoms with Crippen LogP contribution in [0.4, 0.5) is 4.79 Å². The van der Waals surface area contributed by atoms with Gasteiger partial charge >= 0.3 is 12.0 Å². The number of hydrogen-bond donors (Lipinski definition) is 3. The Morgan fingerprint density at radius 2 is 1.94 bits per heavy atom. The van der Waals surface area contributed by atoms with Crippen LogP contribution in [0.5, 0.6) is 0 Å². The van der Waals surface area contributed by atoms with Gasteiger partial charge in [-0.1, -0.05) is 33.1 Å². The highest BCUT2D eigenvalue weighted by Crippen LogP contribution is 2.22. The van der Waals surface area contributed by atoms with Gasteiger partial charge in [-0.05, 0) is 25.2 Å². The predicted octanol–water partition coefficient (Wildman–Crippen LogP) is 2.12. The van der Waals surface area contributed by atoms with Gasteiger partial charge in [0.1, 0.15) is 6.04 Å². The van der Waals surface area contributed by atoms with Crippen molar-refractivity contribution in [2.24, 2.45) is 5.92 Å². The molecule has 0 aromatic heterocycles. The van der Waals surface area contributed by atoms with Crippen molar-refractivity contribution < 1.29 is 14.7 Å². The quantitative estimate of drug-likeness (QED) is 0.674. The van der Waals surface area contributed by atoms with Gasteiger partial charge in [-0.25, -0.2) is 9.59 Å². The van der Waals surface area contributed by atoms with E-state index in [0.717, 1.165) is 19.3 Å². The Balaban J connectivity index is 2.44. The van der Waals surface area contributed by atoms with Crippen molar-refractivity contribution in [2.75, 3.05) is 0 Å². The Morgan fingerprint density at radius 3 is 2.56 bits per heavy atom. The van der Waals surface area contributed by atoms with Crippen LogP contribution in [0.3, 0.4) is 0 Å². The molecule has 5 nitrogen and oxygen atoms in total. The van der Waals surface area contributed by atoms with E-state index < -0.39 is 12.0 Å². The zero-order valence-corrected chi connectivity index (χ0v) is 11.2. The monoisotopic (exact) mass is 256 g/mol. The van der Waals surface area contributed by atoms with E-state index in [0.29, 0.717) is 12.3 Å². The van der Waals surface area contributed by atoms with Crippen molar-refractivity contribution in [2.45, 2.75) is 64.5 Å². The van der Waals surface area contributed by atoms with Crippen LogP contribution in [0.1, 0.15) is 52.4 Å². The molecule has 0 bridgehead atoms. The smallest absolute Gasteiger partial charge is 0.326 e. The molecule has 1 rings (SSSR count). The van der Waals surface area contributed by atoms with Crippen LogP contribution in [-0.4, -0.2) is 29.2 Å². The van der Waals surface area contributed by atoms with Crippen LogP contribution < -0.4 is 10.6 Å². The molecule has 0 aromatic rings. The van der Waals surface area contributed by atoms with Gasteiger partial charge in [0.05, 0.1) is 0 Å². The van der Waals surface area contributed by atoms with E-state index in [1.807, 2.05) is 0 Å². The summed E-state index contributed by atoms with van der Waals surface area (Å²) in [6, 6.07) is -0.993. The molecule has 3 atom stereocenters. The molecule has 0 saturated heterocycles. The number of nitrogens with one attached hydrogen (secondary N) is 2. The summed E-state index contributed by atoms with van der Waals surface area (Å²) < 4.78 is 0. The second-order valence-corrected chi connectivity index (χ2v) is 5.14. The van der Waals surface area contributed by atoms with Gasteiger partial charge in [0, 0.05) is 6.04 Å². The van der Waals surface area contributed by atoms with E-state index in [1.165, 1.54) is 12.8 Å². The molecule has 2 amide bonds. The Labute approximate surface area is 108 Å². The van der Waals surface area contributed by atoms with Gasteiger partial charge in [-0.3, -0.25) is 0 Å². The third-order valence-corrected chi connectivity index (χ3v) is 3.69. The normalized spacial score (nSPS) is 25.9. The lowest BCUT2D eigenvalue weighted by Crippen LogP contribution is -2.50. The summed E-state index contributed by atoms with van der Waals surface area (Å²) in [5.74, 6) is -0.523. The van der Waals surface area contributed by atoms with Gasteiger partial charge in [-0.15, -0.1) is 0 Å². The predicted molar refractivity (Wildman–Crippen MR) is 69.4 cm³/mol. The van der Waals surface area contributed by atoms with Crippen LogP contribution in [0.25, 0.3) is 0 Å². The van der Waals surface area contributed by atoms with Crippen LogP contribution in [0.15, 0.2) is 0 Å². The van der Waals surface area contributed by atoms with E-state index in [2.05, 4.69) is 17.6 Å². The summed E-state index contributed by atoms with van der Waals surface area (Å²) in [6.45, 7) is 3.89. The second-order valence-electron chi connectivity index (χ2n) is 5.14. The average Bonchev–Trinajstić information content (AvgIpc) is 2.51. The fourth-order valence-electron chi connectivity index (χ4n) is 2.41. The molecule has 104 valence electrons. The van der Waals surface area contributed by atoms with Crippen molar-refractivity contribution in [3.05, 3.63) is 0 Å². The maximum Gasteiger partial charge on any atom is 0.326 e. The molecule has 0 heterocycles. The minimum absolute atomic E-state index is 0.166. The van der Waals surface area contributed by atoms with Crippen LogP contribution in [0, 0.1) is 5.92 Å². The molecule has 5 heteroatoms. The Kier molecular flexibility index (Phi) is 5.95. The maximum absolute atomic E-state index is 11.8. The second kappa shape index (κ2) is 7.24. The van der Waals surface area contributed by atoms with Gasteiger partial charge in [0.2, 0.25) is 0 Å². The molecular weight excluding hydrogens is 232 g/mol. The van der Waals surface area contributed by atoms with Crippen molar-refractivity contribution in [3.8, 4) is 0 Å². The zero-order chi connectivity index (χ0) is 13.5. The highest BCUT2D eigenvalue weighted by atomic mass is 16.4. The lowest BCUT2D eigenvalue weighted by atomic mass is 9.97. The highest BCUT2D eigenvalue weighted by molar-refractivity contribution is 5.82. The summed E-state index contributed by atoms with van der Waals surface area (Å²) in [5.41, 5.74) is 0. The van der Waals surface area contributed by atoms with E-state index in [4.69, 9.17) is 5.11 Å². The topological polar surface area (TPSA) is 78.4 Å². The molecule has 1 aliphatic carbocycles. The number of carbonyl (C=O) groups excluding carboxylic acids is 1. The molecule has 0 radical (unpaired) electrons. The summed E-state index contributed by atoms with van der Waals surface area (Å²) in [4.78, 5) is 22.6. The van der Waals surface area contributed by atoms with Crippen molar-refractivity contribution >= 4 is 12.0 Å². The van der Waals surface area contributed by atoms with Crippen molar-refractivity contribution in [3.63, 3.8) is 0 Å². The number of aliphatic carboxylic acids is 1. The molecule has 0 aromatic carbocycles. The fraction of sp³-hybridized carbons (Fsp3) is 0.846. The third-order valence-electron chi connectivity index (χ3n) is 3.69. The minimum Gasteiger partial charge on any atom is -0.480 e. The molecule has 0 spiro atoms. The maximum atomic E-state index is 11.8. The van der Waals surface area contributed by atoms with Crippen molar-refractivity contribution in [1.29, 1.82) is 0 Å². The van der Waals surface area contributed by atoms with Gasteiger partial charge < -0.3 is 15.7 Å². The Bertz CT molecular complexity index is 294. The standard InChI is InChI=1S/C13H24N2O3/c1-3-10(12(16)17)14-13(18)15-11-8-6-4-5-7-9(11)2/h9-11H,3-8H2,1-2H3,(H,16,17)(H2,14,15,18)/t9?,10-,11?/m0/s1. The average molecular weight is 256 g/mol. The fourth-order valence-corrected chi connectivity index (χ4v) is 2.41. The molecule has 1 saturated carbocycles. The van der Waals surface area contributed by atoms with Crippen LogP contribution >= 0.6 is 0 Å². The van der Waals surface area contributed by atoms with E-state index in [9.17, 15) is 9.59 Å². The first-order valence-electron chi connectivity index (χ1n) is 6.84. The molecule has 0 aliphatic heterocycles. The highest BCUT2D eigenvalue weighted by Gasteiger charge is 2.23. The van der Waals surface area contributed by atoms with Gasteiger partial charge in [-0.2, -0.15) is 0 Å². The third kappa shape index (κ3) is 4.55. The van der Waals surface area contributed by atoms with Crippen LogP contribution in [-0.2, 0) is 4.79 Å². The lowest BCUT2D eigenvalue weighted by molar-refractivity contribution is -0.139. The molecule has 3 N–H and O–H groups in total. The summed E-state index contributed by atoms with van der Waals surface area (Å²) >= 11 is 0. The Hall–Kier alpha value is -1.26. The number of amides is 2. The SMILES string of the molecule is CC[C@H](NC(=O)NC1CCCCCC1C)C(=O)O. The zero-order valence-electron chi connectivity index (χ0n) is 11.2. The molecule has 18 heavy (non-hydrogen) atoms. The molecule has 1 aliphatic rings. The number of carbonyl (C=O) groups is 2. The summed E-state index contributed by atoms with van der Waals surface area (Å²) in [7, 11) is 0. The number of carboxylic acid groups (broad SMARTS) is 1. The van der Waals surface area contributed by atoms with E-state index >= 15 is 0 Å². The van der Waals surface area contributed by atoms with Crippen LogP contribution in [0.2, 0.25) is 0 Å². The number of hydrogen-bond acceptors (Lipinski definition) is 2. The molecule has 2 unspecified atom stereocenters. The first-order chi connectivity index (χ1) is 8.54. The van der Waals surface area contributed by atoms with E-state index in [-0.39, 0.29) is 12.1 Å². The first kappa shape index (κ1) is 14.8. The Morgan fingerprint density at radius 1 is 1.28 bits per heavy atom. The number of rotatable bonds is 4. The summed E-state index contributed by atoms with van der Waals surface area (Å²) in [6.07, 6.45) is 6.07. The minimum atomic E-state index is -0.985. The number of urea groups is 1.